The van der Waals surface area contributed by atoms with E-state index in [-0.39, 0.29) is 6.03 Å². The molecule has 0 saturated carbocycles. The Morgan fingerprint density at radius 3 is 3.24 bits per heavy atom. The van der Waals surface area contributed by atoms with Crippen LogP contribution in [0.4, 0.5) is 4.79 Å². The monoisotopic (exact) mass is 292 g/mol. The molecule has 2 aliphatic rings. The van der Waals surface area contributed by atoms with Crippen molar-refractivity contribution >= 4 is 6.03 Å². The highest BCUT2D eigenvalue weighted by molar-refractivity contribution is 5.74. The van der Waals surface area contributed by atoms with Crippen molar-refractivity contribution < 1.29 is 9.53 Å². The quantitative estimate of drug-likeness (QED) is 0.889. The van der Waals surface area contributed by atoms with E-state index in [1.54, 1.807) is 0 Å². The highest BCUT2D eigenvalue weighted by Gasteiger charge is 2.31. The van der Waals surface area contributed by atoms with Gasteiger partial charge in [-0.3, -0.25) is 5.10 Å². The molecule has 0 radical (unpaired) electrons. The van der Waals surface area contributed by atoms with Crippen molar-refractivity contribution in [2.24, 2.45) is 5.92 Å². The highest BCUT2D eigenvalue weighted by atomic mass is 16.5. The van der Waals surface area contributed by atoms with Crippen LogP contribution in [0.3, 0.4) is 0 Å². The van der Waals surface area contributed by atoms with E-state index in [1.807, 2.05) is 4.90 Å². The first-order valence-corrected chi connectivity index (χ1v) is 7.81. The van der Waals surface area contributed by atoms with Gasteiger partial charge in [-0.05, 0) is 12.3 Å². The predicted octanol–water partition coefficient (Wildman–Crippen LogP) is 1.64. The topological polar surface area (TPSA) is 70.2 Å². The molecule has 2 N–H and O–H groups in total. The average Bonchev–Trinajstić information content (AvgIpc) is 3.10. The third kappa shape index (κ3) is 3.05. The summed E-state index contributed by atoms with van der Waals surface area (Å²) in [6, 6.07) is 0.0480. The molecule has 2 amide bonds. The van der Waals surface area contributed by atoms with Crippen molar-refractivity contribution in [3.05, 3.63) is 17.0 Å². The second kappa shape index (κ2) is 6.05. The van der Waals surface area contributed by atoms with Crippen LogP contribution in [0, 0.1) is 5.92 Å². The van der Waals surface area contributed by atoms with Crippen LogP contribution in [0.5, 0.6) is 0 Å². The maximum Gasteiger partial charge on any atom is 0.317 e. The molecule has 1 atom stereocenters. The van der Waals surface area contributed by atoms with Crippen molar-refractivity contribution in [2.45, 2.75) is 39.2 Å². The van der Waals surface area contributed by atoms with Crippen LogP contribution in [0.2, 0.25) is 0 Å². The number of carbonyl (C=O) groups excluding carboxylic acids is 1. The number of H-pyrrole nitrogens is 1. The molecule has 6 heteroatoms. The lowest BCUT2D eigenvalue weighted by atomic mass is 9.98. The summed E-state index contributed by atoms with van der Waals surface area (Å²) in [6.07, 6.45) is 1.89. The number of hydrogen-bond donors (Lipinski definition) is 2. The highest BCUT2D eigenvalue weighted by Crippen LogP contribution is 2.31. The molecule has 21 heavy (non-hydrogen) atoms. The summed E-state index contributed by atoms with van der Waals surface area (Å²) in [5, 5.41) is 10.6. The Morgan fingerprint density at radius 1 is 1.57 bits per heavy atom. The van der Waals surface area contributed by atoms with Gasteiger partial charge in [0.05, 0.1) is 18.9 Å². The lowest BCUT2D eigenvalue weighted by Crippen LogP contribution is -2.39. The van der Waals surface area contributed by atoms with E-state index in [9.17, 15) is 4.79 Å². The van der Waals surface area contributed by atoms with Crippen molar-refractivity contribution in [3.63, 3.8) is 0 Å². The summed E-state index contributed by atoms with van der Waals surface area (Å²) in [5.41, 5.74) is 3.53. The number of hydrogen-bond acceptors (Lipinski definition) is 3. The first kappa shape index (κ1) is 14.4. The molecule has 3 rings (SSSR count). The third-order valence-electron chi connectivity index (χ3n) is 4.25. The minimum Gasteiger partial charge on any atom is -0.376 e. The summed E-state index contributed by atoms with van der Waals surface area (Å²) in [5.74, 6) is 0.805. The molecule has 0 bridgehead atoms. The van der Waals surface area contributed by atoms with Gasteiger partial charge in [0.25, 0.3) is 0 Å². The summed E-state index contributed by atoms with van der Waals surface area (Å²) in [6.45, 7) is 7.90. The van der Waals surface area contributed by atoms with Gasteiger partial charge in [0.2, 0.25) is 0 Å². The van der Waals surface area contributed by atoms with Gasteiger partial charge in [-0.2, -0.15) is 5.10 Å². The fraction of sp³-hybridized carbons (Fsp3) is 0.733. The Kier molecular flexibility index (Phi) is 4.14. The smallest absolute Gasteiger partial charge is 0.317 e. The number of carbonyl (C=O) groups is 1. The first-order chi connectivity index (χ1) is 10.1. The van der Waals surface area contributed by atoms with Crippen molar-refractivity contribution in [3.8, 4) is 0 Å². The van der Waals surface area contributed by atoms with E-state index in [2.05, 4.69) is 29.4 Å². The Labute approximate surface area is 125 Å². The van der Waals surface area contributed by atoms with E-state index >= 15 is 0 Å². The number of ether oxygens (including phenoxy) is 1. The predicted molar refractivity (Wildman–Crippen MR) is 79.1 cm³/mol. The van der Waals surface area contributed by atoms with Gasteiger partial charge in [0.1, 0.15) is 0 Å². The molecule has 6 nitrogen and oxygen atoms in total. The number of nitrogens with one attached hydrogen (secondary N) is 2. The number of fused-ring (bicyclic) bond motifs is 1. The Morgan fingerprint density at radius 2 is 2.43 bits per heavy atom. The van der Waals surface area contributed by atoms with Gasteiger partial charge in [0, 0.05) is 43.2 Å². The van der Waals surface area contributed by atoms with Crippen LogP contribution in [0.1, 0.15) is 43.1 Å². The minimum absolute atomic E-state index is 0.0480. The molecule has 1 saturated heterocycles. The molecule has 116 valence electrons. The zero-order chi connectivity index (χ0) is 14.8. The normalized spacial score (nSPS) is 21.7. The van der Waals surface area contributed by atoms with Gasteiger partial charge in [-0.15, -0.1) is 0 Å². The fourth-order valence-electron chi connectivity index (χ4n) is 3.04. The standard InChI is InChI=1S/C15H24N4O2/c1-10(2)7-16-15(20)19-5-3-11(8-19)14-12-9-21-6-4-13(12)17-18-14/h10-11H,3-9H2,1-2H3,(H,16,20)(H,17,18). The number of urea groups is 1. The molecular weight excluding hydrogens is 268 g/mol. The van der Waals surface area contributed by atoms with Gasteiger partial charge < -0.3 is 15.0 Å². The molecule has 0 aliphatic carbocycles. The molecule has 3 heterocycles. The molecule has 0 spiro atoms. The molecule has 2 aliphatic heterocycles. The second-order valence-electron chi connectivity index (χ2n) is 6.38. The van der Waals surface area contributed by atoms with E-state index in [0.29, 0.717) is 18.4 Å². The molecule has 1 unspecified atom stereocenters. The van der Waals surface area contributed by atoms with Crippen LogP contribution in [0.15, 0.2) is 0 Å². The number of rotatable bonds is 3. The Hall–Kier alpha value is -1.56. The number of aromatic amines is 1. The van der Waals surface area contributed by atoms with Gasteiger partial charge in [-0.1, -0.05) is 13.8 Å². The van der Waals surface area contributed by atoms with Crippen molar-refractivity contribution in [2.75, 3.05) is 26.2 Å². The van der Waals surface area contributed by atoms with Crippen LogP contribution < -0.4 is 5.32 Å². The maximum atomic E-state index is 12.1. The average molecular weight is 292 g/mol. The zero-order valence-electron chi connectivity index (χ0n) is 12.8. The second-order valence-corrected chi connectivity index (χ2v) is 6.38. The summed E-state index contributed by atoms with van der Waals surface area (Å²) in [4.78, 5) is 14.0. The molecule has 1 fully saturated rings. The molecule has 0 aromatic carbocycles. The molecule has 1 aromatic heterocycles. The van der Waals surface area contributed by atoms with E-state index < -0.39 is 0 Å². The SMILES string of the molecule is CC(C)CNC(=O)N1CCC(c2n[nH]c3c2COCC3)C1. The first-order valence-electron chi connectivity index (χ1n) is 7.81. The third-order valence-corrected chi connectivity index (χ3v) is 4.25. The van der Waals surface area contributed by atoms with Crippen LogP contribution >= 0.6 is 0 Å². The number of likely N-dealkylation sites (tertiary alicyclic amines) is 1. The van der Waals surface area contributed by atoms with E-state index in [0.717, 1.165) is 44.8 Å². The minimum atomic E-state index is 0.0480. The lowest BCUT2D eigenvalue weighted by molar-refractivity contribution is 0.109. The Bertz CT molecular complexity index is 512. The number of nitrogens with zero attached hydrogens (tertiary/aromatic N) is 2. The van der Waals surface area contributed by atoms with Crippen molar-refractivity contribution in [1.82, 2.24) is 20.4 Å². The Balaban J connectivity index is 1.62. The lowest BCUT2D eigenvalue weighted by Gasteiger charge is -2.18. The van der Waals surface area contributed by atoms with Gasteiger partial charge >= 0.3 is 6.03 Å². The maximum absolute atomic E-state index is 12.1. The van der Waals surface area contributed by atoms with E-state index in [4.69, 9.17) is 4.74 Å². The van der Waals surface area contributed by atoms with Crippen LogP contribution in [-0.2, 0) is 17.8 Å². The van der Waals surface area contributed by atoms with Gasteiger partial charge in [-0.25, -0.2) is 4.79 Å². The fourth-order valence-corrected chi connectivity index (χ4v) is 3.04. The number of amides is 2. The summed E-state index contributed by atoms with van der Waals surface area (Å²) >= 11 is 0. The van der Waals surface area contributed by atoms with Gasteiger partial charge in [0.15, 0.2) is 0 Å². The molecule has 1 aromatic rings. The van der Waals surface area contributed by atoms with E-state index in [1.165, 1.54) is 11.3 Å². The van der Waals surface area contributed by atoms with Crippen molar-refractivity contribution in [1.29, 1.82) is 0 Å². The summed E-state index contributed by atoms with van der Waals surface area (Å²) < 4.78 is 5.54. The largest absolute Gasteiger partial charge is 0.376 e. The summed E-state index contributed by atoms with van der Waals surface area (Å²) in [7, 11) is 0. The zero-order valence-corrected chi connectivity index (χ0v) is 12.8. The molecular formula is C15H24N4O2. The van der Waals surface area contributed by atoms with Crippen LogP contribution in [-0.4, -0.2) is 47.4 Å². The number of aromatic nitrogens is 2. The van der Waals surface area contributed by atoms with Crippen LogP contribution in [0.25, 0.3) is 0 Å².